The average Bonchev–Trinajstić information content (AvgIpc) is 3.64. The molecule has 4 aromatic rings. The number of nitrogens with one attached hydrogen (secondary N) is 1. The van der Waals surface area contributed by atoms with E-state index in [4.69, 9.17) is 24.1 Å². The third-order valence-corrected chi connectivity index (χ3v) is 10.9. The lowest BCUT2D eigenvalue weighted by atomic mass is 9.81. The molecular formula is C35H35ClF3N9O5. The van der Waals surface area contributed by atoms with E-state index in [1.54, 1.807) is 22.5 Å². The van der Waals surface area contributed by atoms with Crippen LogP contribution in [0.3, 0.4) is 0 Å². The highest BCUT2D eigenvalue weighted by Crippen LogP contribution is 2.45. The van der Waals surface area contributed by atoms with Gasteiger partial charge in [-0.1, -0.05) is 24.6 Å². The standard InChI is InChI=1S/C35H35ClF3N9O5/c1-17-14-25(31(50)42-22-6-5-20(15-21(22)36)35(37,38)39)47-27(17)28(33(52)48-34(47)43-30(44-48)19-4-3-12-53-13-9-19)45-10-11-46(24-8-7-23(24)45)32(51)26-29(49)18(2)40-16-41-26/h5-6,9,15-17,23-25,49H,3-4,7-8,10-14H2,1-2H3,(H,42,50)/t17?,23-,24-,25?/m0/s1/i12D2. The lowest BCUT2D eigenvalue weighted by molar-refractivity contribution is -0.137. The molecule has 1 saturated carbocycles. The number of aryl methyl sites for hydroxylation is 1. The molecule has 2 N–H and O–H groups in total. The summed E-state index contributed by atoms with van der Waals surface area (Å²) in [6.45, 7) is 1.94. The zero-order valence-corrected chi connectivity index (χ0v) is 29.3. The van der Waals surface area contributed by atoms with E-state index in [-0.39, 0.29) is 102 Å². The van der Waals surface area contributed by atoms with Crippen LogP contribution in [0.15, 0.2) is 35.4 Å². The van der Waals surface area contributed by atoms with Crippen LogP contribution in [0.4, 0.5) is 24.5 Å². The molecule has 4 atom stereocenters. The summed E-state index contributed by atoms with van der Waals surface area (Å²) in [6, 6.07) is 1.04. The van der Waals surface area contributed by atoms with Gasteiger partial charge in [0.05, 0.1) is 43.1 Å². The molecule has 18 heteroatoms. The van der Waals surface area contributed by atoms with Crippen molar-refractivity contribution in [3.8, 4) is 5.75 Å². The van der Waals surface area contributed by atoms with E-state index in [1.807, 2.05) is 11.8 Å². The van der Waals surface area contributed by atoms with Gasteiger partial charge in [-0.3, -0.25) is 19.0 Å². The molecule has 2 amide bonds. The molecule has 0 spiro atoms. The van der Waals surface area contributed by atoms with Crippen LogP contribution in [0.1, 0.15) is 87.0 Å². The number of hydrogen-bond donors (Lipinski definition) is 2. The minimum atomic E-state index is -4.64. The Morgan fingerprint density at radius 2 is 1.96 bits per heavy atom. The molecule has 1 aromatic carbocycles. The fraction of sp³-hybridized carbons (Fsp3) is 0.457. The molecule has 4 aliphatic rings. The Morgan fingerprint density at radius 3 is 2.70 bits per heavy atom. The summed E-state index contributed by atoms with van der Waals surface area (Å²) in [7, 11) is 0. The van der Waals surface area contributed by atoms with E-state index >= 15 is 0 Å². The highest BCUT2D eigenvalue weighted by Gasteiger charge is 2.49. The highest BCUT2D eigenvalue weighted by atomic mass is 35.5. The third-order valence-electron chi connectivity index (χ3n) is 10.6. The Bertz CT molecular complexity index is 2350. The van der Waals surface area contributed by atoms with Crippen LogP contribution in [0, 0.1) is 6.92 Å². The first-order valence-corrected chi connectivity index (χ1v) is 17.6. The maximum absolute atomic E-state index is 14.7. The number of allylic oxidation sites excluding steroid dienone is 1. The number of carbonyl (C=O) groups is 2. The SMILES string of the molecule is [2H]C1([2H])CCC(c2nc3n4c(c(N5CCN(C(=O)c6ncnc(C)c6O)[C@H]6CC[C@@H]65)c(=O)n3n2)C(C)CC4C(=O)Nc2ccc(C(F)(F)F)cc2Cl)=CCO1. The number of alkyl halides is 3. The summed E-state index contributed by atoms with van der Waals surface area (Å²) < 4.78 is 64.2. The summed E-state index contributed by atoms with van der Waals surface area (Å²) in [5, 5.41) is 17.5. The first-order valence-electron chi connectivity index (χ1n) is 18.2. The molecule has 0 radical (unpaired) electrons. The number of aromatic nitrogens is 6. The number of fused-ring (bicyclic) bond motifs is 4. The Morgan fingerprint density at radius 1 is 1.17 bits per heavy atom. The fourth-order valence-corrected chi connectivity index (χ4v) is 8.02. The van der Waals surface area contributed by atoms with Crippen molar-refractivity contribution in [1.82, 2.24) is 34.0 Å². The Labute approximate surface area is 308 Å². The van der Waals surface area contributed by atoms with Gasteiger partial charge in [0, 0.05) is 31.6 Å². The van der Waals surface area contributed by atoms with Gasteiger partial charge < -0.3 is 25.0 Å². The summed E-state index contributed by atoms with van der Waals surface area (Å²) >= 11 is 6.22. The number of amides is 2. The fourth-order valence-electron chi connectivity index (χ4n) is 7.79. The lowest BCUT2D eigenvalue weighted by Crippen LogP contribution is -2.67. The second kappa shape index (κ2) is 13.1. The van der Waals surface area contributed by atoms with Crippen LogP contribution in [0.5, 0.6) is 5.75 Å². The molecule has 53 heavy (non-hydrogen) atoms. The zero-order chi connectivity index (χ0) is 39.1. The molecular weight excluding hydrogens is 719 g/mol. The maximum Gasteiger partial charge on any atom is 0.416 e. The lowest BCUT2D eigenvalue weighted by Gasteiger charge is -2.54. The van der Waals surface area contributed by atoms with Crippen LogP contribution in [0.25, 0.3) is 11.4 Å². The molecule has 278 valence electrons. The predicted molar refractivity (Wildman–Crippen MR) is 186 cm³/mol. The Hall–Kier alpha value is -5.03. The molecule has 1 aliphatic carbocycles. The van der Waals surface area contributed by atoms with Crippen LogP contribution in [-0.2, 0) is 15.7 Å². The zero-order valence-electron chi connectivity index (χ0n) is 30.5. The van der Waals surface area contributed by atoms with E-state index in [1.165, 1.54) is 6.33 Å². The Balaban J connectivity index is 1.20. The van der Waals surface area contributed by atoms with E-state index < -0.39 is 41.7 Å². The second-order valence-electron chi connectivity index (χ2n) is 13.6. The monoisotopic (exact) mass is 755 g/mol. The number of halogens is 4. The predicted octanol–water partition coefficient (Wildman–Crippen LogP) is 4.74. The molecule has 14 nitrogen and oxygen atoms in total. The van der Waals surface area contributed by atoms with Crippen molar-refractivity contribution >= 4 is 46.1 Å². The minimum absolute atomic E-state index is 0.0174. The van der Waals surface area contributed by atoms with Crippen molar-refractivity contribution in [2.75, 3.05) is 36.5 Å². The van der Waals surface area contributed by atoms with Crippen molar-refractivity contribution in [3.63, 3.8) is 0 Å². The number of rotatable bonds is 5. The van der Waals surface area contributed by atoms with Crippen LogP contribution < -0.4 is 15.8 Å². The number of hydrogen-bond acceptors (Lipinski definition) is 10. The summed E-state index contributed by atoms with van der Waals surface area (Å²) in [5.74, 6) is -1.51. The molecule has 2 fully saturated rings. The van der Waals surface area contributed by atoms with Gasteiger partial charge in [0.15, 0.2) is 17.3 Å². The molecule has 1 saturated heterocycles. The van der Waals surface area contributed by atoms with Crippen molar-refractivity contribution in [2.45, 2.75) is 76.2 Å². The topological polar surface area (TPSA) is 160 Å². The minimum Gasteiger partial charge on any atom is -0.504 e. The molecule has 3 aliphatic heterocycles. The summed E-state index contributed by atoms with van der Waals surface area (Å²) in [4.78, 5) is 58.8. The van der Waals surface area contributed by atoms with Crippen molar-refractivity contribution in [2.24, 2.45) is 0 Å². The number of anilines is 2. The molecule has 2 unspecified atom stereocenters. The molecule has 8 rings (SSSR count). The van der Waals surface area contributed by atoms with Crippen LogP contribution >= 0.6 is 11.6 Å². The number of ether oxygens (including phenoxy) is 1. The first kappa shape index (κ1) is 32.6. The van der Waals surface area contributed by atoms with Gasteiger partial charge in [0.1, 0.15) is 18.1 Å². The number of nitrogens with zero attached hydrogens (tertiary/aromatic N) is 8. The van der Waals surface area contributed by atoms with Gasteiger partial charge in [0.2, 0.25) is 11.7 Å². The molecule has 3 aromatic heterocycles. The quantitative estimate of drug-likeness (QED) is 0.291. The van der Waals surface area contributed by atoms with Gasteiger partial charge in [-0.05, 0) is 62.8 Å². The van der Waals surface area contributed by atoms with Gasteiger partial charge in [-0.25, -0.2) is 9.97 Å². The van der Waals surface area contributed by atoms with E-state index in [9.17, 15) is 32.7 Å². The smallest absolute Gasteiger partial charge is 0.416 e. The van der Waals surface area contributed by atoms with Crippen molar-refractivity contribution < 1.29 is 35.3 Å². The van der Waals surface area contributed by atoms with E-state index in [0.717, 1.165) is 22.7 Å². The average molecular weight is 756 g/mol. The first-order chi connectivity index (χ1) is 26.0. The number of carbonyl (C=O) groups excluding carboxylic acids is 2. The Kier molecular flexibility index (Phi) is 8.07. The second-order valence-corrected chi connectivity index (χ2v) is 14.0. The summed E-state index contributed by atoms with van der Waals surface area (Å²) in [6.07, 6.45) is -0.0550. The van der Waals surface area contributed by atoms with Gasteiger partial charge >= 0.3 is 6.18 Å². The van der Waals surface area contributed by atoms with Gasteiger partial charge in [-0.2, -0.15) is 22.7 Å². The maximum atomic E-state index is 14.7. The largest absolute Gasteiger partial charge is 0.504 e. The highest BCUT2D eigenvalue weighted by molar-refractivity contribution is 6.33. The van der Waals surface area contributed by atoms with Crippen LogP contribution in [-0.4, -0.2) is 89.3 Å². The normalized spacial score (nSPS) is 24.4. The van der Waals surface area contributed by atoms with Gasteiger partial charge in [0.25, 0.3) is 11.5 Å². The summed E-state index contributed by atoms with van der Waals surface area (Å²) in [5.41, 5.74) is 0.0293. The number of piperazine rings is 1. The number of aromatic hydroxyl groups is 1. The van der Waals surface area contributed by atoms with Crippen LogP contribution in [0.2, 0.25) is 5.02 Å². The van der Waals surface area contributed by atoms with Crippen molar-refractivity contribution in [3.05, 3.63) is 74.4 Å². The van der Waals surface area contributed by atoms with E-state index in [2.05, 4.69) is 20.4 Å². The third kappa shape index (κ3) is 5.89. The number of benzene rings is 1. The molecule has 0 bridgehead atoms. The molecule has 6 heterocycles. The van der Waals surface area contributed by atoms with E-state index in [0.29, 0.717) is 24.1 Å². The van der Waals surface area contributed by atoms with Crippen molar-refractivity contribution in [1.29, 1.82) is 0 Å². The van der Waals surface area contributed by atoms with Gasteiger partial charge in [-0.15, -0.1) is 5.10 Å².